The van der Waals surface area contributed by atoms with Crippen LogP contribution in [0.2, 0.25) is 0 Å². The van der Waals surface area contributed by atoms with Crippen LogP contribution in [0.1, 0.15) is 12.5 Å². The number of halogens is 2. The van der Waals surface area contributed by atoms with Crippen molar-refractivity contribution in [3.8, 4) is 16.9 Å². The van der Waals surface area contributed by atoms with Crippen molar-refractivity contribution in [1.82, 2.24) is 10.2 Å². The first-order valence-corrected chi connectivity index (χ1v) is 10.3. The van der Waals surface area contributed by atoms with E-state index in [1.54, 1.807) is 31.4 Å². The summed E-state index contributed by atoms with van der Waals surface area (Å²) in [4.78, 5) is 13.4. The van der Waals surface area contributed by atoms with Crippen LogP contribution in [0.25, 0.3) is 16.9 Å². The molecular formula is C24H27F2N3O3. The molecule has 0 unspecified atom stereocenters. The monoisotopic (exact) mass is 443 g/mol. The molecule has 1 aliphatic rings. The molecule has 0 bridgehead atoms. The van der Waals surface area contributed by atoms with Gasteiger partial charge in [-0.3, -0.25) is 4.79 Å². The van der Waals surface area contributed by atoms with Crippen molar-refractivity contribution in [2.24, 2.45) is 0 Å². The number of carbonyl (C=O) groups excluding carboxylic acids is 1. The Bertz CT molecular complexity index is 998. The molecule has 0 atom stereocenters. The Morgan fingerprint density at radius 2 is 1.88 bits per heavy atom. The third kappa shape index (κ3) is 5.45. The second kappa shape index (κ2) is 10.8. The molecular weight excluding hydrogens is 416 g/mol. The van der Waals surface area contributed by atoms with Crippen LogP contribution in [0.5, 0.6) is 5.75 Å². The Hall–Kier alpha value is -3.39. The molecule has 2 aromatic rings. The number of phenols is 1. The smallest absolute Gasteiger partial charge is 0.315 e. The van der Waals surface area contributed by atoms with Gasteiger partial charge in [0.25, 0.3) is 5.91 Å². The van der Waals surface area contributed by atoms with Crippen molar-refractivity contribution in [3.05, 3.63) is 65.9 Å². The summed E-state index contributed by atoms with van der Waals surface area (Å²) in [6.07, 6.45) is 0.836. The van der Waals surface area contributed by atoms with Gasteiger partial charge in [-0.25, -0.2) is 0 Å². The highest BCUT2D eigenvalue weighted by Crippen LogP contribution is 2.36. The van der Waals surface area contributed by atoms with E-state index in [1.807, 2.05) is 25.1 Å². The lowest BCUT2D eigenvalue weighted by molar-refractivity contribution is -0.126. The van der Waals surface area contributed by atoms with Gasteiger partial charge >= 0.3 is 6.43 Å². The Morgan fingerprint density at radius 1 is 1.19 bits per heavy atom. The summed E-state index contributed by atoms with van der Waals surface area (Å²) < 4.78 is 30.5. The molecule has 3 rings (SSSR count). The lowest BCUT2D eigenvalue weighted by Gasteiger charge is -2.30. The van der Waals surface area contributed by atoms with Crippen LogP contribution < -0.4 is 10.6 Å². The molecule has 0 saturated carbocycles. The topological polar surface area (TPSA) is 73.8 Å². The highest BCUT2D eigenvalue weighted by atomic mass is 19.3. The van der Waals surface area contributed by atoms with E-state index in [0.717, 1.165) is 31.9 Å². The number of amides is 1. The minimum atomic E-state index is -3.09. The predicted octanol–water partition coefficient (Wildman–Crippen LogP) is 4.06. The number of nitrogens with zero attached hydrogens (tertiary/aromatic N) is 1. The number of para-hydroxylation sites is 1. The fourth-order valence-electron chi connectivity index (χ4n) is 3.57. The van der Waals surface area contributed by atoms with Crippen LogP contribution >= 0.6 is 0 Å². The number of aromatic hydroxyl groups is 1. The standard InChI is InChI=1S/C24H27F2N3O3/c1-3-18(29-13-11-27-12-14-29)15-21(32-2)20-6-4-5-19(22(20)30)16-7-9-17(10-8-16)28-24(31)23(25)26/h3-10,15,23,27,30H,11-14H2,1-2H3,(H,28,31)/b18-3+,21-15-. The number of anilines is 1. The van der Waals surface area contributed by atoms with E-state index in [4.69, 9.17) is 4.74 Å². The molecule has 1 heterocycles. The van der Waals surface area contributed by atoms with Gasteiger partial charge in [-0.05, 0) is 30.7 Å². The van der Waals surface area contributed by atoms with Crippen molar-refractivity contribution >= 4 is 17.4 Å². The summed E-state index contributed by atoms with van der Waals surface area (Å²) in [6, 6.07) is 11.7. The zero-order valence-corrected chi connectivity index (χ0v) is 18.1. The van der Waals surface area contributed by atoms with E-state index in [0.29, 0.717) is 22.4 Å². The highest BCUT2D eigenvalue weighted by molar-refractivity contribution is 5.93. The van der Waals surface area contributed by atoms with Crippen molar-refractivity contribution in [3.63, 3.8) is 0 Å². The van der Waals surface area contributed by atoms with Crippen LogP contribution in [0.15, 0.2) is 60.3 Å². The van der Waals surface area contributed by atoms with E-state index < -0.39 is 12.3 Å². The van der Waals surface area contributed by atoms with Gasteiger partial charge in [0.05, 0.1) is 12.7 Å². The Kier molecular flexibility index (Phi) is 7.83. The van der Waals surface area contributed by atoms with E-state index in [1.165, 1.54) is 12.1 Å². The van der Waals surface area contributed by atoms with E-state index >= 15 is 0 Å². The molecule has 0 aliphatic carbocycles. The maximum atomic E-state index is 12.4. The molecule has 0 spiro atoms. The number of ether oxygens (including phenoxy) is 1. The Labute approximate surface area is 186 Å². The molecule has 2 aromatic carbocycles. The van der Waals surface area contributed by atoms with Crippen LogP contribution in [0, 0.1) is 0 Å². The van der Waals surface area contributed by atoms with Crippen LogP contribution in [-0.4, -0.2) is 55.6 Å². The van der Waals surface area contributed by atoms with Crippen LogP contribution in [0.4, 0.5) is 14.5 Å². The first-order chi connectivity index (χ1) is 15.4. The number of rotatable bonds is 7. The number of alkyl halides is 2. The van der Waals surface area contributed by atoms with Crippen LogP contribution in [0.3, 0.4) is 0 Å². The molecule has 0 aromatic heterocycles. The first kappa shape index (κ1) is 23.3. The second-order valence-corrected chi connectivity index (χ2v) is 7.23. The molecule has 3 N–H and O–H groups in total. The van der Waals surface area contributed by atoms with Crippen molar-refractivity contribution < 1.29 is 23.4 Å². The zero-order valence-electron chi connectivity index (χ0n) is 18.1. The molecule has 8 heteroatoms. The normalized spacial score (nSPS) is 15.1. The fraction of sp³-hybridized carbons (Fsp3) is 0.292. The Balaban J connectivity index is 1.89. The number of methoxy groups -OCH3 is 1. The molecule has 6 nitrogen and oxygen atoms in total. The second-order valence-electron chi connectivity index (χ2n) is 7.23. The number of carbonyl (C=O) groups is 1. The predicted molar refractivity (Wildman–Crippen MR) is 121 cm³/mol. The number of piperazine rings is 1. The first-order valence-electron chi connectivity index (χ1n) is 10.3. The third-order valence-corrected chi connectivity index (χ3v) is 5.24. The molecule has 32 heavy (non-hydrogen) atoms. The number of hydrogen-bond donors (Lipinski definition) is 3. The van der Waals surface area contributed by atoms with Gasteiger partial charge in [-0.2, -0.15) is 8.78 Å². The van der Waals surface area contributed by atoms with Gasteiger partial charge in [0.1, 0.15) is 11.5 Å². The van der Waals surface area contributed by atoms with Gasteiger partial charge in [0, 0.05) is 49.2 Å². The van der Waals surface area contributed by atoms with Crippen molar-refractivity contribution in [2.45, 2.75) is 13.3 Å². The Morgan fingerprint density at radius 3 is 2.47 bits per heavy atom. The average Bonchev–Trinajstić information content (AvgIpc) is 2.81. The summed E-state index contributed by atoms with van der Waals surface area (Å²) in [5, 5.41) is 16.5. The van der Waals surface area contributed by atoms with E-state index in [-0.39, 0.29) is 11.4 Å². The molecule has 1 aliphatic heterocycles. The number of nitrogens with one attached hydrogen (secondary N) is 2. The minimum Gasteiger partial charge on any atom is -0.507 e. The largest absolute Gasteiger partial charge is 0.507 e. The summed E-state index contributed by atoms with van der Waals surface area (Å²) in [5.74, 6) is -0.792. The molecule has 1 amide bonds. The zero-order chi connectivity index (χ0) is 23.1. The SMILES string of the molecule is C/C=C(\C=C(/OC)c1cccc(-c2ccc(NC(=O)C(F)F)cc2)c1O)N1CCNCC1. The van der Waals surface area contributed by atoms with Crippen molar-refractivity contribution in [2.75, 3.05) is 38.6 Å². The van der Waals surface area contributed by atoms with Gasteiger partial charge < -0.3 is 25.4 Å². The highest BCUT2D eigenvalue weighted by Gasteiger charge is 2.17. The minimum absolute atomic E-state index is 0.0423. The maximum absolute atomic E-state index is 12.4. The average molecular weight is 443 g/mol. The summed E-state index contributed by atoms with van der Waals surface area (Å²) in [6.45, 7) is 5.54. The van der Waals surface area contributed by atoms with E-state index in [9.17, 15) is 18.7 Å². The van der Waals surface area contributed by atoms with Gasteiger partial charge in [0.2, 0.25) is 0 Å². The van der Waals surface area contributed by atoms with E-state index in [2.05, 4.69) is 15.5 Å². The summed E-state index contributed by atoms with van der Waals surface area (Å²) >= 11 is 0. The van der Waals surface area contributed by atoms with Crippen LogP contribution in [-0.2, 0) is 9.53 Å². The summed E-state index contributed by atoms with van der Waals surface area (Å²) in [7, 11) is 1.56. The summed E-state index contributed by atoms with van der Waals surface area (Å²) in [5.41, 5.74) is 3.02. The number of phenolic OH excluding ortho intramolecular Hbond substituents is 1. The number of hydrogen-bond acceptors (Lipinski definition) is 5. The fourth-order valence-corrected chi connectivity index (χ4v) is 3.57. The molecule has 170 valence electrons. The van der Waals surface area contributed by atoms with Gasteiger partial charge in [-0.1, -0.05) is 30.3 Å². The third-order valence-electron chi connectivity index (χ3n) is 5.24. The molecule has 1 fully saturated rings. The lowest BCUT2D eigenvalue weighted by Crippen LogP contribution is -2.42. The molecule has 0 radical (unpaired) electrons. The van der Waals surface area contributed by atoms with Gasteiger partial charge in [0.15, 0.2) is 0 Å². The maximum Gasteiger partial charge on any atom is 0.315 e. The van der Waals surface area contributed by atoms with Gasteiger partial charge in [-0.15, -0.1) is 0 Å². The number of allylic oxidation sites excluding steroid dienone is 2. The lowest BCUT2D eigenvalue weighted by atomic mass is 9.99. The number of benzene rings is 2. The molecule has 1 saturated heterocycles. The quantitative estimate of drug-likeness (QED) is 0.445. The van der Waals surface area contributed by atoms with Crippen molar-refractivity contribution in [1.29, 1.82) is 0 Å².